The third kappa shape index (κ3) is 3.78. The molecule has 0 amide bonds. The summed E-state index contributed by atoms with van der Waals surface area (Å²) in [5.74, 6) is 1.75. The quantitative estimate of drug-likeness (QED) is 0.600. The van der Waals surface area contributed by atoms with E-state index in [0.717, 1.165) is 42.4 Å². The fraction of sp³-hybridized carbons (Fsp3) is 0.273. The van der Waals surface area contributed by atoms with Crippen LogP contribution in [0.15, 0.2) is 65.2 Å². The smallest absolute Gasteiger partial charge is 0.129 e. The lowest BCUT2D eigenvalue weighted by molar-refractivity contribution is 0.350. The van der Waals surface area contributed by atoms with E-state index in [1.807, 2.05) is 42.5 Å². The minimum absolute atomic E-state index is 0.267. The van der Waals surface area contributed by atoms with Crippen LogP contribution in [0.25, 0.3) is 5.70 Å². The van der Waals surface area contributed by atoms with Crippen LogP contribution >= 0.6 is 0 Å². The minimum Gasteiger partial charge on any atom is -0.487 e. The first-order valence-corrected chi connectivity index (χ1v) is 8.98. The summed E-state index contributed by atoms with van der Waals surface area (Å²) in [5.41, 5.74) is 3.39. The normalized spacial score (nSPS) is 13.7. The summed E-state index contributed by atoms with van der Waals surface area (Å²) in [7, 11) is 0. The highest BCUT2D eigenvalue weighted by Gasteiger charge is 2.21. The Kier molecular flexibility index (Phi) is 5.70. The Balaban J connectivity index is 2.08. The second kappa shape index (κ2) is 8.35. The lowest BCUT2D eigenvalue weighted by Crippen LogP contribution is -2.32. The molecule has 0 aliphatic carbocycles. The van der Waals surface area contributed by atoms with Gasteiger partial charge in [-0.2, -0.15) is 5.26 Å². The number of nitriles is 1. The van der Waals surface area contributed by atoms with Gasteiger partial charge in [0, 0.05) is 25.1 Å². The number of aliphatic imine (C=N–C) groups is 1. The molecule has 0 aromatic heterocycles. The van der Waals surface area contributed by atoms with Crippen molar-refractivity contribution in [2.75, 3.05) is 19.7 Å². The van der Waals surface area contributed by atoms with Gasteiger partial charge in [-0.05, 0) is 31.5 Å². The van der Waals surface area contributed by atoms with Gasteiger partial charge in [-0.25, -0.2) is 4.99 Å². The number of hydrogen-bond acceptors (Lipinski definition) is 3. The Hall–Kier alpha value is -3.06. The highest BCUT2D eigenvalue weighted by atomic mass is 16.5. The Morgan fingerprint density at radius 2 is 1.77 bits per heavy atom. The van der Waals surface area contributed by atoms with Gasteiger partial charge >= 0.3 is 0 Å². The van der Waals surface area contributed by atoms with Crippen molar-refractivity contribution in [2.24, 2.45) is 4.99 Å². The number of amidine groups is 1. The molecule has 2 aromatic carbocycles. The molecule has 0 unspecified atom stereocenters. The molecule has 0 atom stereocenters. The van der Waals surface area contributed by atoms with Crippen LogP contribution < -0.4 is 4.74 Å². The second-order valence-electron chi connectivity index (χ2n) is 6.09. The second-order valence-corrected chi connectivity index (χ2v) is 6.09. The van der Waals surface area contributed by atoms with E-state index in [1.165, 1.54) is 5.56 Å². The first kappa shape index (κ1) is 17.8. The predicted molar refractivity (Wildman–Crippen MR) is 105 cm³/mol. The lowest BCUT2D eigenvalue weighted by atomic mass is 10.0. The van der Waals surface area contributed by atoms with Crippen molar-refractivity contribution in [2.45, 2.75) is 20.3 Å². The Labute approximate surface area is 155 Å². The summed E-state index contributed by atoms with van der Waals surface area (Å²) in [6.45, 7) is 6.26. The molecule has 0 N–H and O–H groups in total. The van der Waals surface area contributed by atoms with Crippen LogP contribution in [0.2, 0.25) is 0 Å². The van der Waals surface area contributed by atoms with Crippen LogP contribution in [0.5, 0.6) is 5.75 Å². The Morgan fingerprint density at radius 1 is 1.08 bits per heavy atom. The van der Waals surface area contributed by atoms with E-state index in [0.29, 0.717) is 5.57 Å². The van der Waals surface area contributed by atoms with E-state index >= 15 is 0 Å². The van der Waals surface area contributed by atoms with E-state index < -0.39 is 0 Å². The summed E-state index contributed by atoms with van der Waals surface area (Å²) in [6, 6.07) is 20.4. The summed E-state index contributed by atoms with van der Waals surface area (Å²) in [6.07, 6.45) is 0.730. The SMILES string of the molecule is CCN(CC)C(Cc1ccccc1)=NC1=C(C#N)COc2ccccc21. The number of nitrogens with zero attached hydrogens (tertiary/aromatic N) is 3. The summed E-state index contributed by atoms with van der Waals surface area (Å²) in [5, 5.41) is 9.57. The van der Waals surface area contributed by atoms with E-state index in [4.69, 9.17) is 9.73 Å². The van der Waals surface area contributed by atoms with Gasteiger partial charge in [0.05, 0.1) is 11.3 Å². The first-order valence-electron chi connectivity index (χ1n) is 8.98. The van der Waals surface area contributed by atoms with E-state index in [-0.39, 0.29) is 6.61 Å². The zero-order valence-corrected chi connectivity index (χ0v) is 15.3. The number of fused-ring (bicyclic) bond motifs is 1. The van der Waals surface area contributed by atoms with Crippen molar-refractivity contribution in [3.63, 3.8) is 0 Å². The zero-order chi connectivity index (χ0) is 18.4. The van der Waals surface area contributed by atoms with Crippen molar-refractivity contribution in [3.8, 4) is 11.8 Å². The molecule has 0 bridgehead atoms. The molecule has 1 heterocycles. The Bertz CT molecular complexity index is 858. The van der Waals surface area contributed by atoms with Crippen LogP contribution in [0.1, 0.15) is 25.0 Å². The van der Waals surface area contributed by atoms with Crippen molar-refractivity contribution < 1.29 is 4.74 Å². The van der Waals surface area contributed by atoms with Crippen LogP contribution in [0, 0.1) is 11.3 Å². The summed E-state index contributed by atoms with van der Waals surface area (Å²) >= 11 is 0. The molecule has 0 saturated carbocycles. The van der Waals surface area contributed by atoms with E-state index in [1.54, 1.807) is 0 Å². The summed E-state index contributed by atoms with van der Waals surface area (Å²) in [4.78, 5) is 7.23. The number of ether oxygens (including phenoxy) is 1. The molecule has 4 nitrogen and oxygen atoms in total. The van der Waals surface area contributed by atoms with Crippen molar-refractivity contribution in [3.05, 3.63) is 71.3 Å². The maximum atomic E-state index is 9.57. The average molecular weight is 345 g/mol. The molecule has 0 saturated heterocycles. The van der Waals surface area contributed by atoms with Gasteiger partial charge in [0.15, 0.2) is 0 Å². The Morgan fingerprint density at radius 3 is 2.46 bits per heavy atom. The van der Waals surface area contributed by atoms with Crippen molar-refractivity contribution >= 4 is 11.5 Å². The first-order chi connectivity index (χ1) is 12.8. The molecule has 0 fully saturated rings. The van der Waals surface area contributed by atoms with Crippen LogP contribution in [0.4, 0.5) is 0 Å². The molecule has 0 radical (unpaired) electrons. The van der Waals surface area contributed by atoms with Crippen molar-refractivity contribution in [1.82, 2.24) is 4.90 Å². The average Bonchev–Trinajstić information content (AvgIpc) is 2.70. The molecule has 4 heteroatoms. The molecule has 2 aromatic rings. The standard InChI is InChI=1S/C22H23N3O/c1-3-25(4-2)21(14-17-10-6-5-7-11-17)24-22-18(15-23)16-26-20-13-9-8-12-19(20)22/h5-13H,3-4,14,16H2,1-2H3. The van der Waals surface area contributed by atoms with Gasteiger partial charge in [0.2, 0.25) is 0 Å². The van der Waals surface area contributed by atoms with Gasteiger partial charge < -0.3 is 9.64 Å². The third-order valence-corrected chi connectivity index (χ3v) is 4.51. The monoisotopic (exact) mass is 345 g/mol. The number of hydrogen-bond donors (Lipinski definition) is 0. The van der Waals surface area contributed by atoms with Gasteiger partial charge in [0.25, 0.3) is 0 Å². The highest BCUT2D eigenvalue weighted by Crippen LogP contribution is 2.34. The van der Waals surface area contributed by atoms with Crippen LogP contribution in [0.3, 0.4) is 0 Å². The number of likely N-dealkylation sites (N-methyl/N-ethyl adjacent to an activating group) is 1. The van der Waals surface area contributed by atoms with E-state index in [9.17, 15) is 5.26 Å². The third-order valence-electron chi connectivity index (χ3n) is 4.51. The predicted octanol–water partition coefficient (Wildman–Crippen LogP) is 4.30. The zero-order valence-electron chi connectivity index (χ0n) is 15.3. The van der Waals surface area contributed by atoms with Crippen LogP contribution in [-0.4, -0.2) is 30.4 Å². The molecular formula is C22H23N3O. The molecule has 132 valence electrons. The fourth-order valence-electron chi connectivity index (χ4n) is 3.10. The van der Waals surface area contributed by atoms with Crippen molar-refractivity contribution in [1.29, 1.82) is 5.26 Å². The lowest BCUT2D eigenvalue weighted by Gasteiger charge is -2.25. The molecule has 1 aliphatic rings. The molecule has 0 spiro atoms. The maximum absolute atomic E-state index is 9.57. The molecular weight excluding hydrogens is 322 g/mol. The number of benzene rings is 2. The van der Waals surface area contributed by atoms with E-state index in [2.05, 4.69) is 36.9 Å². The fourth-order valence-corrected chi connectivity index (χ4v) is 3.10. The topological polar surface area (TPSA) is 48.6 Å². The summed E-state index contributed by atoms with van der Waals surface area (Å²) < 4.78 is 5.71. The van der Waals surface area contributed by atoms with Gasteiger partial charge in [0.1, 0.15) is 24.3 Å². The molecule has 1 aliphatic heterocycles. The van der Waals surface area contributed by atoms with Gasteiger partial charge in [-0.3, -0.25) is 0 Å². The maximum Gasteiger partial charge on any atom is 0.129 e. The number of para-hydroxylation sites is 1. The molecule has 3 rings (SSSR count). The minimum atomic E-state index is 0.267. The number of rotatable bonds is 5. The van der Waals surface area contributed by atoms with Gasteiger partial charge in [-0.15, -0.1) is 0 Å². The van der Waals surface area contributed by atoms with Gasteiger partial charge in [-0.1, -0.05) is 42.5 Å². The molecule has 26 heavy (non-hydrogen) atoms. The largest absolute Gasteiger partial charge is 0.487 e. The van der Waals surface area contributed by atoms with Crippen LogP contribution in [-0.2, 0) is 6.42 Å². The highest BCUT2D eigenvalue weighted by molar-refractivity contribution is 5.92.